The van der Waals surface area contributed by atoms with Gasteiger partial charge in [0.15, 0.2) is 0 Å². The lowest BCUT2D eigenvalue weighted by atomic mass is 9.56. The van der Waals surface area contributed by atoms with E-state index in [0.717, 1.165) is 19.3 Å². The molecule has 1 aromatic rings. The molecule has 4 rings (SSSR count). The quantitative estimate of drug-likeness (QED) is 0.582. The average Bonchev–Trinajstić information content (AvgIpc) is 2.89. The van der Waals surface area contributed by atoms with Crippen LogP contribution in [0.25, 0.3) is 0 Å². The molecule has 5 atom stereocenters. The van der Waals surface area contributed by atoms with Crippen LogP contribution in [0.5, 0.6) is 5.75 Å². The predicted molar refractivity (Wildman–Crippen MR) is 97.9 cm³/mol. The number of hydrogen-bond acceptors (Lipinski definition) is 4. The third-order valence-electron chi connectivity index (χ3n) is 7.02. The highest BCUT2D eigenvalue weighted by atomic mass is 16.5. The standard InChI is InChI=1S/C22H28O4/c1-13(23)25-16-5-7-18-15(10-16)4-6-20-19(18)8-9-22(3)12-17(11-21(20)22)26-14(2)24/h5,7,10,17,19-21H,4,6,8-9,11-12H2,1-3H3/t17-,19+,20-,21+,22-/m0/s1. The van der Waals surface area contributed by atoms with Crippen molar-refractivity contribution >= 4 is 11.9 Å². The molecule has 4 heteroatoms. The molecule has 0 unspecified atom stereocenters. The lowest BCUT2D eigenvalue weighted by molar-refractivity contribution is -0.146. The number of fused-ring (bicyclic) bond motifs is 5. The van der Waals surface area contributed by atoms with Gasteiger partial charge in [0.1, 0.15) is 11.9 Å². The summed E-state index contributed by atoms with van der Waals surface area (Å²) in [6, 6.07) is 6.16. The molecule has 2 saturated carbocycles. The van der Waals surface area contributed by atoms with Crippen LogP contribution in [0, 0.1) is 17.3 Å². The molecule has 3 aliphatic rings. The molecule has 0 aliphatic heterocycles. The fourth-order valence-corrected chi connectivity index (χ4v) is 6.11. The molecule has 3 aliphatic carbocycles. The lowest BCUT2D eigenvalue weighted by Crippen LogP contribution is -2.39. The molecule has 0 N–H and O–H groups in total. The van der Waals surface area contributed by atoms with E-state index >= 15 is 0 Å². The van der Waals surface area contributed by atoms with Crippen molar-refractivity contribution in [3.63, 3.8) is 0 Å². The summed E-state index contributed by atoms with van der Waals surface area (Å²) in [5.74, 6) is 2.12. The van der Waals surface area contributed by atoms with E-state index in [2.05, 4.69) is 19.1 Å². The number of aryl methyl sites for hydroxylation is 1. The monoisotopic (exact) mass is 356 g/mol. The van der Waals surface area contributed by atoms with Gasteiger partial charge in [-0.1, -0.05) is 13.0 Å². The molecule has 0 radical (unpaired) electrons. The highest BCUT2D eigenvalue weighted by Gasteiger charge is 2.53. The Morgan fingerprint density at radius 3 is 2.69 bits per heavy atom. The first-order chi connectivity index (χ1) is 12.4. The van der Waals surface area contributed by atoms with Crippen LogP contribution in [0.3, 0.4) is 0 Å². The van der Waals surface area contributed by atoms with Crippen molar-refractivity contribution < 1.29 is 19.1 Å². The Bertz CT molecular complexity index is 740. The van der Waals surface area contributed by atoms with E-state index in [0.29, 0.717) is 28.9 Å². The predicted octanol–water partition coefficient (Wildman–Crippen LogP) is 4.40. The number of rotatable bonds is 2. The Morgan fingerprint density at radius 1 is 1.15 bits per heavy atom. The van der Waals surface area contributed by atoms with E-state index in [1.54, 1.807) is 0 Å². The zero-order chi connectivity index (χ0) is 18.5. The van der Waals surface area contributed by atoms with Crippen molar-refractivity contribution in [1.29, 1.82) is 0 Å². The summed E-state index contributed by atoms with van der Waals surface area (Å²) in [4.78, 5) is 22.6. The molecule has 0 amide bonds. The summed E-state index contributed by atoms with van der Waals surface area (Å²) < 4.78 is 10.8. The Labute approximate surface area is 155 Å². The first-order valence-electron chi connectivity index (χ1n) is 9.84. The van der Waals surface area contributed by atoms with Crippen LogP contribution in [-0.4, -0.2) is 18.0 Å². The van der Waals surface area contributed by atoms with Crippen LogP contribution >= 0.6 is 0 Å². The van der Waals surface area contributed by atoms with Crippen LogP contribution in [-0.2, 0) is 20.7 Å². The van der Waals surface area contributed by atoms with E-state index in [4.69, 9.17) is 9.47 Å². The van der Waals surface area contributed by atoms with Gasteiger partial charge in [0.2, 0.25) is 0 Å². The van der Waals surface area contributed by atoms with Crippen molar-refractivity contribution in [2.75, 3.05) is 0 Å². The van der Waals surface area contributed by atoms with E-state index in [-0.39, 0.29) is 18.0 Å². The fraction of sp³-hybridized carbons (Fsp3) is 0.636. The van der Waals surface area contributed by atoms with Crippen molar-refractivity contribution in [3.8, 4) is 5.75 Å². The number of carbonyl (C=O) groups excluding carboxylic acids is 2. The first-order valence-corrected chi connectivity index (χ1v) is 9.84. The van der Waals surface area contributed by atoms with Gasteiger partial charge in [-0.2, -0.15) is 0 Å². The van der Waals surface area contributed by atoms with Crippen molar-refractivity contribution in [3.05, 3.63) is 29.3 Å². The molecular weight excluding hydrogens is 328 g/mol. The maximum atomic E-state index is 11.4. The molecule has 1 aromatic carbocycles. The van der Waals surface area contributed by atoms with Gasteiger partial charge in [-0.15, -0.1) is 0 Å². The number of ether oxygens (including phenoxy) is 2. The summed E-state index contributed by atoms with van der Waals surface area (Å²) in [6.07, 6.45) is 6.72. The third kappa shape index (κ3) is 3.04. The van der Waals surface area contributed by atoms with Gasteiger partial charge in [0, 0.05) is 13.8 Å². The zero-order valence-electron chi connectivity index (χ0n) is 15.9. The van der Waals surface area contributed by atoms with E-state index in [1.165, 1.54) is 44.2 Å². The van der Waals surface area contributed by atoms with Gasteiger partial charge in [-0.3, -0.25) is 9.59 Å². The molecule has 140 valence electrons. The highest BCUT2D eigenvalue weighted by Crippen LogP contribution is 2.61. The van der Waals surface area contributed by atoms with Crippen molar-refractivity contribution in [2.24, 2.45) is 17.3 Å². The Hall–Kier alpha value is -1.84. The zero-order valence-corrected chi connectivity index (χ0v) is 15.9. The minimum absolute atomic E-state index is 0.0917. The molecule has 4 nitrogen and oxygen atoms in total. The summed E-state index contributed by atoms with van der Waals surface area (Å²) in [7, 11) is 0. The normalized spacial score (nSPS) is 35.0. The second-order valence-electron chi connectivity index (χ2n) is 8.73. The van der Waals surface area contributed by atoms with Gasteiger partial charge in [0.25, 0.3) is 0 Å². The van der Waals surface area contributed by atoms with Gasteiger partial charge in [-0.05, 0) is 85.0 Å². The molecular formula is C22H28O4. The van der Waals surface area contributed by atoms with Crippen LogP contribution in [0.2, 0.25) is 0 Å². The SMILES string of the molecule is CC(=O)Oc1ccc2c(c1)CC[C@H]1[C@@H]2CC[C@@]2(C)C[C@@H](OC(C)=O)C[C@H]12. The van der Waals surface area contributed by atoms with E-state index in [1.807, 2.05) is 6.07 Å². The number of carbonyl (C=O) groups is 2. The molecule has 0 bridgehead atoms. The largest absolute Gasteiger partial charge is 0.463 e. The van der Waals surface area contributed by atoms with Crippen LogP contribution in [0.1, 0.15) is 69.9 Å². The minimum atomic E-state index is -0.269. The summed E-state index contributed by atoms with van der Waals surface area (Å²) in [5.41, 5.74) is 3.08. The molecule has 0 aromatic heterocycles. The topological polar surface area (TPSA) is 52.6 Å². The van der Waals surface area contributed by atoms with Crippen LogP contribution < -0.4 is 4.74 Å². The summed E-state index contributed by atoms with van der Waals surface area (Å²) in [6.45, 7) is 5.36. The van der Waals surface area contributed by atoms with Gasteiger partial charge < -0.3 is 9.47 Å². The fourth-order valence-electron chi connectivity index (χ4n) is 6.11. The van der Waals surface area contributed by atoms with Crippen molar-refractivity contribution in [2.45, 2.75) is 71.3 Å². The Morgan fingerprint density at radius 2 is 1.96 bits per heavy atom. The van der Waals surface area contributed by atoms with E-state index in [9.17, 15) is 9.59 Å². The Kier molecular flexibility index (Phi) is 4.32. The summed E-state index contributed by atoms with van der Waals surface area (Å²) in [5, 5.41) is 0. The maximum absolute atomic E-state index is 11.4. The third-order valence-corrected chi connectivity index (χ3v) is 7.02. The maximum Gasteiger partial charge on any atom is 0.308 e. The molecule has 0 saturated heterocycles. The number of benzene rings is 1. The summed E-state index contributed by atoms with van der Waals surface area (Å²) >= 11 is 0. The second-order valence-corrected chi connectivity index (χ2v) is 8.73. The number of esters is 2. The Balaban J connectivity index is 1.57. The molecule has 2 fully saturated rings. The molecule has 0 spiro atoms. The van der Waals surface area contributed by atoms with Crippen LogP contribution in [0.15, 0.2) is 18.2 Å². The van der Waals surface area contributed by atoms with Gasteiger partial charge >= 0.3 is 11.9 Å². The van der Waals surface area contributed by atoms with Crippen LogP contribution in [0.4, 0.5) is 0 Å². The number of hydrogen-bond donors (Lipinski definition) is 0. The first kappa shape index (κ1) is 17.6. The average molecular weight is 356 g/mol. The van der Waals surface area contributed by atoms with E-state index < -0.39 is 0 Å². The minimum Gasteiger partial charge on any atom is -0.463 e. The lowest BCUT2D eigenvalue weighted by Gasteiger charge is -2.49. The van der Waals surface area contributed by atoms with Gasteiger partial charge in [0.05, 0.1) is 0 Å². The highest BCUT2D eigenvalue weighted by molar-refractivity contribution is 5.69. The second kappa shape index (κ2) is 6.40. The van der Waals surface area contributed by atoms with Crippen molar-refractivity contribution in [1.82, 2.24) is 0 Å². The smallest absolute Gasteiger partial charge is 0.308 e. The molecule has 26 heavy (non-hydrogen) atoms. The molecule has 0 heterocycles. The van der Waals surface area contributed by atoms with Gasteiger partial charge in [-0.25, -0.2) is 0 Å².